The molecule has 0 saturated carbocycles. The van der Waals surface area contributed by atoms with Crippen LogP contribution in [0.5, 0.6) is 0 Å². The number of hydrogen-bond acceptors (Lipinski definition) is 7. The Morgan fingerprint density at radius 3 is 1.57 bits per heavy atom. The topological polar surface area (TPSA) is 118 Å². The van der Waals surface area contributed by atoms with Crippen molar-refractivity contribution >= 4 is 8.80 Å². The third kappa shape index (κ3) is 14.6. The summed E-state index contributed by atoms with van der Waals surface area (Å²) in [5, 5.41) is 3.26. The van der Waals surface area contributed by atoms with Crippen molar-refractivity contribution in [3.63, 3.8) is 0 Å². The van der Waals surface area contributed by atoms with Crippen molar-refractivity contribution in [2.24, 2.45) is 17.2 Å². The molecule has 0 fully saturated rings. The van der Waals surface area contributed by atoms with Gasteiger partial charge in [0, 0.05) is 52.0 Å². The maximum Gasteiger partial charge on any atom is 0.500 e. The fourth-order valence-corrected chi connectivity index (χ4v) is 4.27. The van der Waals surface area contributed by atoms with Gasteiger partial charge in [0.1, 0.15) is 0 Å². The molecule has 0 atom stereocenters. The van der Waals surface area contributed by atoms with Crippen LogP contribution in [0.15, 0.2) is 0 Å². The van der Waals surface area contributed by atoms with Gasteiger partial charge in [0.2, 0.25) is 0 Å². The highest BCUT2D eigenvalue weighted by Crippen LogP contribution is 2.17. The van der Waals surface area contributed by atoms with Gasteiger partial charge in [-0.3, -0.25) is 0 Å². The van der Waals surface area contributed by atoms with Crippen LogP contribution in [-0.2, 0) is 13.3 Å². The molecule has 7 N–H and O–H groups in total. The molecule has 0 aromatic carbocycles. The van der Waals surface area contributed by atoms with E-state index in [-0.39, 0.29) is 0 Å². The van der Waals surface area contributed by atoms with Crippen LogP contribution in [0.2, 0.25) is 6.04 Å². The lowest BCUT2D eigenvalue weighted by atomic mass is 10.5. The normalized spacial score (nSPS) is 11.1. The van der Waals surface area contributed by atoms with Crippen LogP contribution in [0.4, 0.5) is 0 Å². The largest absolute Gasteiger partial charge is 0.500 e. The van der Waals surface area contributed by atoms with Crippen LogP contribution in [-0.4, -0.2) is 61.3 Å². The molecule has 7 nitrogen and oxygen atoms in total. The molecule has 0 spiro atoms. The third-order valence-corrected chi connectivity index (χ3v) is 5.57. The fraction of sp³-hybridized carbons (Fsp3) is 1.00. The maximum absolute atomic E-state index is 5.76. The summed E-state index contributed by atoms with van der Waals surface area (Å²) >= 11 is 0. The number of rotatable bonds is 13. The molecule has 0 aliphatic heterocycles. The second kappa shape index (κ2) is 18.0. The summed E-state index contributed by atoms with van der Waals surface area (Å²) in [4.78, 5) is 0. The van der Waals surface area contributed by atoms with Crippen molar-refractivity contribution in [1.29, 1.82) is 0 Å². The van der Waals surface area contributed by atoms with E-state index in [2.05, 4.69) is 5.32 Å². The summed E-state index contributed by atoms with van der Waals surface area (Å²) in [6.07, 6.45) is 0.992. The second-order valence-corrected chi connectivity index (χ2v) is 6.93. The maximum atomic E-state index is 5.76. The van der Waals surface area contributed by atoms with Gasteiger partial charge in [0.05, 0.1) is 0 Å². The van der Waals surface area contributed by atoms with E-state index in [4.69, 9.17) is 30.5 Å². The molecule has 0 aromatic rings. The average Bonchev–Trinajstić information content (AvgIpc) is 2.48. The Hall–Kier alpha value is -0.0631. The predicted octanol–water partition coefficient (Wildman–Crippen LogP) is -0.123. The standard InChI is InChI=1S/C11H28N2O3Si.C2H8N2/c1-4-14-17(15-5-2,16-6-3)11-7-9-13-10-8-12;3-1-2-4/h13H,4-12H2,1-3H3;1-4H2. The molecule has 0 saturated heterocycles. The minimum Gasteiger partial charge on any atom is -0.374 e. The van der Waals surface area contributed by atoms with Crippen molar-refractivity contribution in [2.75, 3.05) is 52.5 Å². The molecule has 0 heterocycles. The first-order valence-corrected chi connectivity index (χ1v) is 9.82. The van der Waals surface area contributed by atoms with Gasteiger partial charge in [-0.25, -0.2) is 0 Å². The van der Waals surface area contributed by atoms with Crippen molar-refractivity contribution < 1.29 is 13.3 Å². The van der Waals surface area contributed by atoms with Gasteiger partial charge >= 0.3 is 8.80 Å². The lowest BCUT2D eigenvalue weighted by Crippen LogP contribution is -2.46. The third-order valence-electron chi connectivity index (χ3n) is 2.42. The zero-order valence-electron chi connectivity index (χ0n) is 14.0. The highest BCUT2D eigenvalue weighted by Gasteiger charge is 2.39. The van der Waals surface area contributed by atoms with Gasteiger partial charge in [-0.2, -0.15) is 0 Å². The molecule has 0 bridgehead atoms. The van der Waals surface area contributed by atoms with E-state index < -0.39 is 8.80 Å². The Balaban J connectivity index is 0. The second-order valence-electron chi connectivity index (χ2n) is 4.20. The Kier molecular flexibility index (Phi) is 19.9. The van der Waals surface area contributed by atoms with E-state index in [9.17, 15) is 0 Å². The van der Waals surface area contributed by atoms with Gasteiger partial charge in [0.15, 0.2) is 0 Å². The molecule has 0 aliphatic rings. The molecule has 0 aromatic heterocycles. The van der Waals surface area contributed by atoms with Crippen LogP contribution < -0.4 is 22.5 Å². The van der Waals surface area contributed by atoms with E-state index in [0.717, 1.165) is 25.6 Å². The molecular weight excluding hydrogens is 288 g/mol. The van der Waals surface area contributed by atoms with Gasteiger partial charge in [0.25, 0.3) is 0 Å². The molecule has 130 valence electrons. The molecule has 0 aliphatic carbocycles. The van der Waals surface area contributed by atoms with Crippen LogP contribution >= 0.6 is 0 Å². The summed E-state index contributed by atoms with van der Waals surface area (Å²) in [5.41, 5.74) is 15.2. The van der Waals surface area contributed by atoms with Crippen LogP contribution in [0.25, 0.3) is 0 Å². The van der Waals surface area contributed by atoms with Crippen molar-refractivity contribution in [1.82, 2.24) is 5.32 Å². The first-order valence-electron chi connectivity index (χ1n) is 7.89. The molecule has 0 unspecified atom stereocenters. The Morgan fingerprint density at radius 1 is 0.762 bits per heavy atom. The number of nitrogens with two attached hydrogens (primary N) is 3. The highest BCUT2D eigenvalue weighted by atomic mass is 28.4. The number of nitrogens with one attached hydrogen (secondary N) is 1. The summed E-state index contributed by atoms with van der Waals surface area (Å²) in [6, 6.07) is 0.861. The zero-order chi connectivity index (χ0) is 16.4. The Bertz CT molecular complexity index is 183. The quantitative estimate of drug-likeness (QED) is 0.275. The van der Waals surface area contributed by atoms with Crippen molar-refractivity contribution in [2.45, 2.75) is 33.2 Å². The van der Waals surface area contributed by atoms with E-state index in [0.29, 0.717) is 39.5 Å². The van der Waals surface area contributed by atoms with Crippen LogP contribution in [0.1, 0.15) is 27.2 Å². The zero-order valence-corrected chi connectivity index (χ0v) is 15.0. The molecule has 8 heteroatoms. The van der Waals surface area contributed by atoms with E-state index in [1.165, 1.54) is 0 Å². The molecule has 21 heavy (non-hydrogen) atoms. The van der Waals surface area contributed by atoms with Crippen LogP contribution in [0.3, 0.4) is 0 Å². The fourth-order valence-electron chi connectivity index (χ4n) is 1.66. The monoisotopic (exact) mass is 324 g/mol. The first kappa shape index (κ1) is 23.2. The summed E-state index contributed by atoms with van der Waals surface area (Å²) in [6.45, 7) is 11.5. The van der Waals surface area contributed by atoms with Gasteiger partial charge < -0.3 is 35.8 Å². The van der Waals surface area contributed by atoms with E-state index >= 15 is 0 Å². The van der Waals surface area contributed by atoms with E-state index in [1.807, 2.05) is 20.8 Å². The Morgan fingerprint density at radius 2 is 1.24 bits per heavy atom. The lowest BCUT2D eigenvalue weighted by molar-refractivity contribution is 0.0708. The molecule has 0 radical (unpaired) electrons. The summed E-state index contributed by atoms with van der Waals surface area (Å²) in [5.74, 6) is 0. The predicted molar refractivity (Wildman–Crippen MR) is 90.1 cm³/mol. The van der Waals surface area contributed by atoms with Crippen molar-refractivity contribution in [3.05, 3.63) is 0 Å². The lowest BCUT2D eigenvalue weighted by Gasteiger charge is -2.28. The molecule has 0 rings (SSSR count). The molecular formula is C13H36N4O3Si. The van der Waals surface area contributed by atoms with Crippen molar-refractivity contribution in [3.8, 4) is 0 Å². The molecule has 0 amide bonds. The smallest absolute Gasteiger partial charge is 0.374 e. The summed E-state index contributed by atoms with van der Waals surface area (Å²) < 4.78 is 17.3. The first-order chi connectivity index (χ1) is 10.2. The van der Waals surface area contributed by atoms with Crippen LogP contribution in [0, 0.1) is 0 Å². The number of hydrogen-bond donors (Lipinski definition) is 4. The minimum absolute atomic E-state index is 0.597. The van der Waals surface area contributed by atoms with E-state index in [1.54, 1.807) is 0 Å². The minimum atomic E-state index is -2.43. The Labute approximate surface area is 131 Å². The highest BCUT2D eigenvalue weighted by molar-refractivity contribution is 6.60. The SMILES string of the molecule is CCO[Si](CCCNCCN)(OCC)OCC.NCCN. The van der Waals surface area contributed by atoms with Gasteiger partial charge in [-0.1, -0.05) is 0 Å². The summed E-state index contributed by atoms with van der Waals surface area (Å²) in [7, 11) is -2.43. The van der Waals surface area contributed by atoms with Gasteiger partial charge in [-0.15, -0.1) is 0 Å². The van der Waals surface area contributed by atoms with Gasteiger partial charge in [-0.05, 0) is 33.7 Å². The average molecular weight is 325 g/mol.